The molecule has 35 heavy (non-hydrogen) atoms. The first kappa shape index (κ1) is 25.9. The Balaban J connectivity index is 0.000000165. The van der Waals surface area contributed by atoms with Gasteiger partial charge in [0.15, 0.2) is 0 Å². The van der Waals surface area contributed by atoms with Gasteiger partial charge in [-0.2, -0.15) is 5.01 Å². The molecule has 3 aromatic rings. The topological polar surface area (TPSA) is 109 Å². The molecule has 3 aromatic heterocycles. The van der Waals surface area contributed by atoms with Crippen molar-refractivity contribution in [3.8, 4) is 10.8 Å². The van der Waals surface area contributed by atoms with Gasteiger partial charge in [0.05, 0.1) is 10.0 Å². The number of carbonyl (C=O) groups excluding carboxylic acids is 2. The first-order valence-electron chi connectivity index (χ1n) is 11.4. The van der Waals surface area contributed by atoms with Gasteiger partial charge in [-0.1, -0.05) is 28.3 Å². The molecular weight excluding hydrogens is 531 g/mol. The van der Waals surface area contributed by atoms with Crippen molar-refractivity contribution in [2.24, 2.45) is 5.84 Å². The Morgan fingerprint density at radius 2 is 1.54 bits per heavy atom. The van der Waals surface area contributed by atoms with Crippen molar-refractivity contribution < 1.29 is 14.0 Å². The second-order valence-electron chi connectivity index (χ2n) is 8.14. The molecule has 2 saturated heterocycles. The van der Waals surface area contributed by atoms with Gasteiger partial charge in [0.1, 0.15) is 9.75 Å². The molecule has 9 nitrogen and oxygen atoms in total. The van der Waals surface area contributed by atoms with Gasteiger partial charge in [-0.25, -0.2) is 10.6 Å². The van der Waals surface area contributed by atoms with Crippen LogP contribution in [-0.2, 0) is 0 Å². The summed E-state index contributed by atoms with van der Waals surface area (Å²) in [5.74, 6) is 5.56. The Morgan fingerprint density at radius 1 is 0.914 bits per heavy atom. The molecule has 2 N–H and O–H groups in total. The molecule has 0 aliphatic carbocycles. The normalized spacial score (nSPS) is 16.0. The summed E-state index contributed by atoms with van der Waals surface area (Å²) in [6.07, 6.45) is 6.68. The number of likely N-dealkylation sites (tertiary alicyclic amines) is 1. The summed E-state index contributed by atoms with van der Waals surface area (Å²) in [5.41, 5.74) is 0. The van der Waals surface area contributed by atoms with Gasteiger partial charge in [-0.15, -0.1) is 27.8 Å². The highest BCUT2D eigenvalue weighted by Crippen LogP contribution is 2.33. The lowest BCUT2D eigenvalue weighted by atomic mass is 10.1. The number of aromatic nitrogens is 2. The largest absolute Gasteiger partial charge is 0.402 e. The van der Waals surface area contributed by atoms with Crippen molar-refractivity contribution in [2.45, 2.75) is 38.5 Å². The van der Waals surface area contributed by atoms with Gasteiger partial charge >= 0.3 is 12.0 Å². The van der Waals surface area contributed by atoms with E-state index in [1.807, 2.05) is 11.4 Å². The van der Waals surface area contributed by atoms with Crippen LogP contribution >= 0.6 is 45.9 Å². The fraction of sp³-hybridized carbons (Fsp3) is 0.455. The number of piperidine rings is 2. The average molecular weight is 558 g/mol. The fourth-order valence-electron chi connectivity index (χ4n) is 3.85. The maximum absolute atomic E-state index is 12.0. The number of halogens is 2. The first-order valence-corrected chi connectivity index (χ1v) is 13.9. The van der Waals surface area contributed by atoms with E-state index in [0.29, 0.717) is 44.9 Å². The van der Waals surface area contributed by atoms with E-state index in [-0.39, 0.29) is 0 Å². The number of carbonyl (C=O) groups is 2. The molecule has 3 amide bonds. The third-order valence-electron chi connectivity index (χ3n) is 5.72. The van der Waals surface area contributed by atoms with Crippen molar-refractivity contribution in [3.05, 3.63) is 37.8 Å². The summed E-state index contributed by atoms with van der Waals surface area (Å²) >= 11 is 14.6. The zero-order valence-corrected chi connectivity index (χ0v) is 22.1. The van der Waals surface area contributed by atoms with Crippen molar-refractivity contribution in [2.75, 3.05) is 31.1 Å². The Labute approximate surface area is 221 Å². The average Bonchev–Trinajstić information content (AvgIpc) is 3.65. The number of hydrogen-bond acceptors (Lipinski definition) is 9. The molecule has 0 spiro atoms. The van der Waals surface area contributed by atoms with Crippen molar-refractivity contribution in [1.82, 2.24) is 20.1 Å². The van der Waals surface area contributed by atoms with Crippen LogP contribution in [0.15, 0.2) is 27.3 Å². The molecule has 0 saturated carbocycles. The van der Waals surface area contributed by atoms with Crippen molar-refractivity contribution in [3.63, 3.8) is 0 Å². The predicted octanol–water partition coefficient (Wildman–Crippen LogP) is 5.77. The maximum Gasteiger partial charge on any atom is 0.341 e. The lowest BCUT2D eigenvalue weighted by Crippen LogP contribution is -2.51. The van der Waals surface area contributed by atoms with Crippen LogP contribution < -0.4 is 10.7 Å². The number of nitrogens with zero attached hydrogens (tertiary/aromatic N) is 5. The Kier molecular flexibility index (Phi) is 9.01. The van der Waals surface area contributed by atoms with Crippen LogP contribution in [0.1, 0.15) is 48.2 Å². The van der Waals surface area contributed by atoms with Crippen LogP contribution in [0.5, 0.6) is 0 Å². The molecule has 5 heterocycles. The molecule has 13 heteroatoms. The second kappa shape index (κ2) is 12.2. The molecule has 0 unspecified atom stereocenters. The Hall–Kier alpha value is -2.18. The van der Waals surface area contributed by atoms with Crippen LogP contribution in [0.4, 0.5) is 10.8 Å². The lowest BCUT2D eigenvalue weighted by Gasteiger charge is -2.29. The van der Waals surface area contributed by atoms with E-state index in [0.717, 1.165) is 37.2 Å². The van der Waals surface area contributed by atoms with Gasteiger partial charge < -0.3 is 14.2 Å². The van der Waals surface area contributed by atoms with Gasteiger partial charge in [0.2, 0.25) is 0 Å². The molecule has 0 atom stereocenters. The lowest BCUT2D eigenvalue weighted by molar-refractivity contribution is 0.0753. The molecule has 188 valence electrons. The van der Waals surface area contributed by atoms with E-state index in [2.05, 4.69) is 15.1 Å². The summed E-state index contributed by atoms with van der Waals surface area (Å²) in [6, 6.07) is 3.61. The molecule has 0 bridgehead atoms. The van der Waals surface area contributed by atoms with Crippen molar-refractivity contribution in [1.29, 1.82) is 0 Å². The fourth-order valence-corrected chi connectivity index (χ4v) is 5.98. The first-order chi connectivity index (χ1) is 17.0. The number of nitrogens with two attached hydrogens (primary N) is 1. The Morgan fingerprint density at radius 3 is 2.14 bits per heavy atom. The molecule has 0 aromatic carbocycles. The van der Waals surface area contributed by atoms with Gasteiger partial charge in [0, 0.05) is 26.2 Å². The highest BCUT2D eigenvalue weighted by molar-refractivity contribution is 7.14. The maximum atomic E-state index is 12.0. The van der Waals surface area contributed by atoms with E-state index in [1.165, 1.54) is 41.9 Å². The smallest absolute Gasteiger partial charge is 0.341 e. The zero-order valence-electron chi connectivity index (χ0n) is 19.0. The number of hydrazine groups is 1. The van der Waals surface area contributed by atoms with Gasteiger partial charge in [-0.05, 0) is 61.4 Å². The van der Waals surface area contributed by atoms with E-state index in [1.54, 1.807) is 16.3 Å². The predicted molar refractivity (Wildman–Crippen MR) is 139 cm³/mol. The second-order valence-corrected chi connectivity index (χ2v) is 10.8. The van der Waals surface area contributed by atoms with E-state index in [9.17, 15) is 9.59 Å². The van der Waals surface area contributed by atoms with Gasteiger partial charge in [-0.3, -0.25) is 4.79 Å². The third kappa shape index (κ3) is 6.34. The summed E-state index contributed by atoms with van der Waals surface area (Å²) in [4.78, 5) is 28.9. The minimum Gasteiger partial charge on any atom is -0.402 e. The third-order valence-corrected chi connectivity index (χ3v) is 8.37. The summed E-state index contributed by atoms with van der Waals surface area (Å²) in [6.45, 7) is 3.30. The molecule has 0 radical (unpaired) electrons. The van der Waals surface area contributed by atoms with Crippen LogP contribution in [0.3, 0.4) is 0 Å². The van der Waals surface area contributed by atoms with E-state index >= 15 is 0 Å². The number of urea groups is 1. The van der Waals surface area contributed by atoms with Gasteiger partial charge in [0.25, 0.3) is 11.8 Å². The highest BCUT2D eigenvalue weighted by atomic mass is 35.5. The standard InChI is InChI=1S/C11H14ClN3O2S.C11H12ClN3OS/c12-8-4-7-18-9(8)10(16)15(13)11(17)14-5-2-1-3-6-14;12-8-4-7-17-9(8)10-13-14-11(16-10)15-5-2-1-3-6-15/h4,7H,1-3,5-6,13H2;4,7H,1-3,5-6H2. The zero-order chi connectivity index (χ0) is 24.8. The highest BCUT2D eigenvalue weighted by Gasteiger charge is 2.27. The SMILES string of the molecule is Clc1ccsc1-c1nnc(N2CCCCC2)o1.NN(C(=O)c1sccc1Cl)C(=O)N1CCCCC1. The minimum absolute atomic E-state index is 0.296. The van der Waals surface area contributed by atoms with Crippen molar-refractivity contribution >= 4 is 63.8 Å². The monoisotopic (exact) mass is 556 g/mol. The number of hydrogen-bond donors (Lipinski definition) is 1. The van der Waals surface area contributed by atoms with Crippen LogP contribution in [0.25, 0.3) is 10.8 Å². The minimum atomic E-state index is -0.550. The number of imide groups is 1. The van der Waals surface area contributed by atoms with Crippen LogP contribution in [0.2, 0.25) is 10.0 Å². The molecular formula is C22H26Cl2N6O3S2. The summed E-state index contributed by atoms with van der Waals surface area (Å²) in [5, 5.41) is 13.4. The quantitative estimate of drug-likeness (QED) is 0.248. The molecule has 2 fully saturated rings. The van der Waals surface area contributed by atoms with E-state index in [4.69, 9.17) is 33.5 Å². The van der Waals surface area contributed by atoms with Crippen LogP contribution in [-0.4, -0.2) is 58.2 Å². The number of rotatable bonds is 3. The number of anilines is 1. The molecule has 2 aliphatic heterocycles. The Bertz CT molecular complexity index is 1140. The molecule has 5 rings (SSSR count). The number of thiophene rings is 2. The summed E-state index contributed by atoms with van der Waals surface area (Å²) in [7, 11) is 0. The van der Waals surface area contributed by atoms with E-state index < -0.39 is 11.9 Å². The number of amides is 3. The van der Waals surface area contributed by atoms with Crippen LogP contribution in [0, 0.1) is 0 Å². The molecule has 2 aliphatic rings. The summed E-state index contributed by atoms with van der Waals surface area (Å²) < 4.78 is 5.68.